The lowest BCUT2D eigenvalue weighted by Gasteiger charge is -2.13. The molecule has 0 aliphatic carbocycles. The number of methoxy groups -OCH3 is 1. The summed E-state index contributed by atoms with van der Waals surface area (Å²) in [5.74, 6) is 0.191. The number of hydrogen-bond acceptors (Lipinski definition) is 5. The molecule has 0 saturated carbocycles. The smallest absolute Gasteiger partial charge is 0.255 e. The Morgan fingerprint density at radius 1 is 1.20 bits per heavy atom. The predicted molar refractivity (Wildman–Crippen MR) is 102 cm³/mol. The molecule has 25 heavy (non-hydrogen) atoms. The van der Waals surface area contributed by atoms with Gasteiger partial charge in [-0.3, -0.25) is 9.78 Å². The van der Waals surface area contributed by atoms with Gasteiger partial charge >= 0.3 is 0 Å². The molecule has 0 saturated heterocycles. The van der Waals surface area contributed by atoms with Crippen LogP contribution in [-0.4, -0.2) is 24.6 Å². The van der Waals surface area contributed by atoms with Gasteiger partial charge < -0.3 is 20.5 Å². The largest absolute Gasteiger partial charge is 0.493 e. The Morgan fingerprint density at radius 3 is 2.44 bits per heavy atom. The van der Waals surface area contributed by atoms with Gasteiger partial charge in [-0.05, 0) is 35.4 Å². The summed E-state index contributed by atoms with van der Waals surface area (Å²) in [7, 11) is 1.51. The van der Waals surface area contributed by atoms with Gasteiger partial charge in [-0.15, -0.1) is 24.8 Å². The van der Waals surface area contributed by atoms with Gasteiger partial charge in [-0.1, -0.05) is 11.6 Å². The summed E-state index contributed by atoms with van der Waals surface area (Å²) in [5, 5.41) is 3.68. The van der Waals surface area contributed by atoms with Gasteiger partial charge in [0.25, 0.3) is 5.91 Å². The molecule has 0 bridgehead atoms. The Hall–Kier alpha value is -1.73. The fourth-order valence-electron chi connectivity index (χ4n) is 2.01. The zero-order chi connectivity index (χ0) is 16.7. The van der Waals surface area contributed by atoms with Crippen molar-refractivity contribution in [3.8, 4) is 11.5 Å². The van der Waals surface area contributed by atoms with E-state index >= 15 is 0 Å². The molecule has 0 radical (unpaired) electrons. The molecule has 138 valence electrons. The highest BCUT2D eigenvalue weighted by Gasteiger charge is 2.13. The van der Waals surface area contributed by atoms with Crippen LogP contribution in [0.15, 0.2) is 36.7 Å². The SMILES string of the molecule is COc1cc(CNCc2ccncc2)cc(Cl)c1OCC(N)=O.Cl.Cl. The number of primary amides is 1. The number of nitrogens with zero attached hydrogens (tertiary/aromatic N) is 1. The lowest BCUT2D eigenvalue weighted by atomic mass is 10.2. The standard InChI is InChI=1S/C16H18ClN3O3.2ClH/c1-22-14-7-12(6-13(17)16(14)23-10-15(18)21)9-20-8-11-2-4-19-5-3-11;;/h2-7,20H,8-10H2,1H3,(H2,18,21);2*1H. The van der Waals surface area contributed by atoms with E-state index in [0.29, 0.717) is 29.6 Å². The highest BCUT2D eigenvalue weighted by molar-refractivity contribution is 6.32. The second-order valence-electron chi connectivity index (χ2n) is 4.82. The highest BCUT2D eigenvalue weighted by atomic mass is 35.5. The molecule has 0 aliphatic rings. The first-order chi connectivity index (χ1) is 11.1. The maximum atomic E-state index is 10.8. The van der Waals surface area contributed by atoms with E-state index in [-0.39, 0.29) is 31.4 Å². The number of pyridine rings is 1. The van der Waals surface area contributed by atoms with E-state index in [1.54, 1.807) is 18.5 Å². The summed E-state index contributed by atoms with van der Waals surface area (Å²) < 4.78 is 10.6. The number of nitrogens with two attached hydrogens (primary N) is 1. The first kappa shape index (κ1) is 23.3. The van der Waals surface area contributed by atoms with Gasteiger partial charge in [0.2, 0.25) is 0 Å². The van der Waals surface area contributed by atoms with Crippen LogP contribution in [0.25, 0.3) is 0 Å². The molecule has 2 aromatic rings. The van der Waals surface area contributed by atoms with Crippen molar-refractivity contribution in [1.82, 2.24) is 10.3 Å². The van der Waals surface area contributed by atoms with Gasteiger partial charge in [0.1, 0.15) is 0 Å². The third-order valence-electron chi connectivity index (χ3n) is 3.06. The first-order valence-electron chi connectivity index (χ1n) is 6.97. The van der Waals surface area contributed by atoms with Crippen LogP contribution in [0.5, 0.6) is 11.5 Å². The van der Waals surface area contributed by atoms with Crippen molar-refractivity contribution >= 4 is 42.3 Å². The number of amides is 1. The number of hydrogen-bond donors (Lipinski definition) is 2. The number of nitrogens with one attached hydrogen (secondary N) is 1. The Morgan fingerprint density at radius 2 is 1.84 bits per heavy atom. The van der Waals surface area contributed by atoms with Crippen molar-refractivity contribution in [2.75, 3.05) is 13.7 Å². The molecule has 9 heteroatoms. The zero-order valence-corrected chi connectivity index (χ0v) is 15.9. The van der Waals surface area contributed by atoms with E-state index in [2.05, 4.69) is 10.3 Å². The summed E-state index contributed by atoms with van der Waals surface area (Å²) in [5.41, 5.74) is 7.15. The van der Waals surface area contributed by atoms with E-state index in [4.69, 9.17) is 26.8 Å². The first-order valence-corrected chi connectivity index (χ1v) is 7.35. The maximum Gasteiger partial charge on any atom is 0.255 e. The number of rotatable bonds is 8. The number of benzene rings is 1. The number of carbonyl (C=O) groups excluding carboxylic acids is 1. The molecule has 1 heterocycles. The molecule has 0 unspecified atom stereocenters. The normalized spacial score (nSPS) is 9.52. The number of aromatic nitrogens is 1. The fourth-order valence-corrected chi connectivity index (χ4v) is 2.30. The molecule has 0 atom stereocenters. The van der Waals surface area contributed by atoms with E-state index in [9.17, 15) is 4.79 Å². The van der Waals surface area contributed by atoms with Crippen LogP contribution in [0.3, 0.4) is 0 Å². The highest BCUT2D eigenvalue weighted by Crippen LogP contribution is 2.36. The number of carbonyl (C=O) groups is 1. The zero-order valence-electron chi connectivity index (χ0n) is 13.5. The van der Waals surface area contributed by atoms with Crippen LogP contribution in [0.4, 0.5) is 0 Å². The molecular formula is C16H20Cl3N3O3. The summed E-state index contributed by atoms with van der Waals surface area (Å²) in [6.45, 7) is 1.06. The van der Waals surface area contributed by atoms with Gasteiger partial charge in [0.15, 0.2) is 18.1 Å². The second kappa shape index (κ2) is 11.8. The van der Waals surface area contributed by atoms with Crippen molar-refractivity contribution < 1.29 is 14.3 Å². The molecule has 0 fully saturated rings. The van der Waals surface area contributed by atoms with E-state index < -0.39 is 5.91 Å². The van der Waals surface area contributed by atoms with Crippen molar-refractivity contribution in [3.05, 3.63) is 52.8 Å². The Bertz CT molecular complexity index is 672. The summed E-state index contributed by atoms with van der Waals surface area (Å²) >= 11 is 6.20. The Kier molecular flexibility index (Phi) is 10.9. The quantitative estimate of drug-likeness (QED) is 0.701. The Balaban J connectivity index is 0.00000288. The monoisotopic (exact) mass is 407 g/mol. The molecule has 1 aromatic carbocycles. The van der Waals surface area contributed by atoms with Crippen molar-refractivity contribution in [1.29, 1.82) is 0 Å². The molecule has 0 spiro atoms. The minimum Gasteiger partial charge on any atom is -0.493 e. The minimum atomic E-state index is -0.578. The topological polar surface area (TPSA) is 86.5 Å². The molecule has 1 aromatic heterocycles. The van der Waals surface area contributed by atoms with Crippen LogP contribution in [0.2, 0.25) is 5.02 Å². The molecular weight excluding hydrogens is 389 g/mol. The van der Waals surface area contributed by atoms with Crippen molar-refractivity contribution in [3.63, 3.8) is 0 Å². The number of halogens is 3. The third kappa shape index (κ3) is 7.36. The van der Waals surface area contributed by atoms with Crippen LogP contribution in [0, 0.1) is 0 Å². The summed E-state index contributed by atoms with van der Waals surface area (Å²) in [6, 6.07) is 7.46. The lowest BCUT2D eigenvalue weighted by molar-refractivity contribution is -0.119. The fraction of sp³-hybridized carbons (Fsp3) is 0.250. The van der Waals surface area contributed by atoms with Crippen LogP contribution in [0.1, 0.15) is 11.1 Å². The molecule has 0 aliphatic heterocycles. The van der Waals surface area contributed by atoms with E-state index in [0.717, 1.165) is 11.1 Å². The minimum absolute atomic E-state index is 0. The lowest BCUT2D eigenvalue weighted by Crippen LogP contribution is -2.20. The van der Waals surface area contributed by atoms with Gasteiger partial charge in [-0.25, -0.2) is 0 Å². The molecule has 6 nitrogen and oxygen atoms in total. The van der Waals surface area contributed by atoms with Gasteiger partial charge in [0, 0.05) is 25.5 Å². The summed E-state index contributed by atoms with van der Waals surface area (Å²) in [6.07, 6.45) is 3.50. The summed E-state index contributed by atoms with van der Waals surface area (Å²) in [4.78, 5) is 14.8. The van der Waals surface area contributed by atoms with Crippen LogP contribution >= 0.6 is 36.4 Å². The van der Waals surface area contributed by atoms with Crippen molar-refractivity contribution in [2.24, 2.45) is 5.73 Å². The molecule has 1 amide bonds. The Labute approximate surface area is 163 Å². The number of ether oxygens (including phenoxy) is 2. The average Bonchev–Trinajstić information content (AvgIpc) is 2.54. The predicted octanol–water partition coefficient (Wildman–Crippen LogP) is 2.74. The maximum absolute atomic E-state index is 10.8. The van der Waals surface area contributed by atoms with Gasteiger partial charge in [0.05, 0.1) is 12.1 Å². The van der Waals surface area contributed by atoms with Gasteiger partial charge in [-0.2, -0.15) is 0 Å². The van der Waals surface area contributed by atoms with Crippen LogP contribution < -0.4 is 20.5 Å². The van der Waals surface area contributed by atoms with Crippen molar-refractivity contribution in [2.45, 2.75) is 13.1 Å². The average molecular weight is 409 g/mol. The van der Waals surface area contributed by atoms with E-state index in [1.807, 2.05) is 18.2 Å². The third-order valence-corrected chi connectivity index (χ3v) is 3.34. The van der Waals surface area contributed by atoms with Crippen LogP contribution in [-0.2, 0) is 17.9 Å². The second-order valence-corrected chi connectivity index (χ2v) is 5.23. The molecule has 3 N–H and O–H groups in total. The van der Waals surface area contributed by atoms with E-state index in [1.165, 1.54) is 7.11 Å². The molecule has 2 rings (SSSR count).